The van der Waals surface area contributed by atoms with Gasteiger partial charge in [-0.25, -0.2) is 4.39 Å². The predicted molar refractivity (Wildman–Crippen MR) is 111 cm³/mol. The third kappa shape index (κ3) is 4.74. The highest BCUT2D eigenvalue weighted by Crippen LogP contribution is 2.24. The predicted octanol–water partition coefficient (Wildman–Crippen LogP) is 5.06. The van der Waals surface area contributed by atoms with Gasteiger partial charge in [0.2, 0.25) is 5.91 Å². The topological polar surface area (TPSA) is 47.2 Å². The molecule has 2 heterocycles. The molecule has 0 aliphatic heterocycles. The number of aromatic nitrogens is 1. The zero-order chi connectivity index (χ0) is 20.1. The van der Waals surface area contributed by atoms with Gasteiger partial charge in [-0.3, -0.25) is 4.79 Å². The van der Waals surface area contributed by atoms with E-state index in [4.69, 9.17) is 4.42 Å². The fourth-order valence-corrected chi connectivity index (χ4v) is 3.61. The first-order valence-corrected chi connectivity index (χ1v) is 9.79. The van der Waals surface area contributed by atoms with Gasteiger partial charge in [-0.1, -0.05) is 30.3 Å². The number of nitrogens with one attached hydrogen (secondary N) is 1. The van der Waals surface area contributed by atoms with E-state index in [0.29, 0.717) is 19.5 Å². The fourth-order valence-electron chi connectivity index (χ4n) is 3.61. The van der Waals surface area contributed by atoms with Crippen molar-refractivity contribution >= 4 is 16.8 Å². The van der Waals surface area contributed by atoms with Gasteiger partial charge in [0.1, 0.15) is 11.6 Å². The van der Waals surface area contributed by atoms with E-state index in [1.807, 2.05) is 24.3 Å². The Morgan fingerprint density at radius 2 is 1.97 bits per heavy atom. The molecule has 0 radical (unpaired) electrons. The number of para-hydroxylation sites is 1. The van der Waals surface area contributed by atoms with E-state index in [2.05, 4.69) is 28.2 Å². The maximum atomic E-state index is 13.5. The van der Waals surface area contributed by atoms with Crippen LogP contribution in [0.5, 0.6) is 0 Å². The molecular formula is C24H23FN2O2. The van der Waals surface area contributed by atoms with Gasteiger partial charge in [0, 0.05) is 30.1 Å². The monoisotopic (exact) mass is 390 g/mol. The van der Waals surface area contributed by atoms with Crippen molar-refractivity contribution in [3.63, 3.8) is 0 Å². The summed E-state index contributed by atoms with van der Waals surface area (Å²) in [5.74, 6) is 0.545. The first-order chi connectivity index (χ1) is 14.2. The van der Waals surface area contributed by atoms with Crippen molar-refractivity contribution in [3.8, 4) is 0 Å². The van der Waals surface area contributed by atoms with Gasteiger partial charge in [0.15, 0.2) is 0 Å². The maximum absolute atomic E-state index is 13.5. The Kier molecular flexibility index (Phi) is 5.75. The highest BCUT2D eigenvalue weighted by molar-refractivity contribution is 5.84. The second-order valence-corrected chi connectivity index (χ2v) is 7.14. The van der Waals surface area contributed by atoms with E-state index >= 15 is 0 Å². The number of amides is 1. The van der Waals surface area contributed by atoms with Crippen molar-refractivity contribution < 1.29 is 13.6 Å². The molecule has 0 aliphatic carbocycles. The number of rotatable bonds is 8. The number of hydrogen-bond acceptors (Lipinski definition) is 2. The van der Waals surface area contributed by atoms with E-state index in [0.717, 1.165) is 29.7 Å². The van der Waals surface area contributed by atoms with E-state index in [-0.39, 0.29) is 11.7 Å². The molecule has 1 amide bonds. The molecule has 4 rings (SSSR count). The quantitative estimate of drug-likeness (QED) is 0.457. The van der Waals surface area contributed by atoms with Gasteiger partial charge in [0.25, 0.3) is 0 Å². The number of benzene rings is 2. The van der Waals surface area contributed by atoms with Crippen molar-refractivity contribution in [1.82, 2.24) is 9.88 Å². The Hall–Kier alpha value is -3.34. The molecule has 2 aromatic heterocycles. The molecule has 29 heavy (non-hydrogen) atoms. The molecular weight excluding hydrogens is 367 g/mol. The van der Waals surface area contributed by atoms with Crippen LogP contribution in [0, 0.1) is 5.82 Å². The van der Waals surface area contributed by atoms with Crippen molar-refractivity contribution in [1.29, 1.82) is 0 Å². The molecule has 0 fully saturated rings. The normalized spacial score (nSPS) is 11.1. The first-order valence-electron chi connectivity index (χ1n) is 9.79. The number of halogens is 1. The third-order valence-electron chi connectivity index (χ3n) is 5.00. The van der Waals surface area contributed by atoms with Crippen LogP contribution in [0.2, 0.25) is 0 Å². The minimum absolute atomic E-state index is 0.0184. The number of hydrogen-bond donors (Lipinski definition) is 1. The Labute approximate surface area is 169 Å². The summed E-state index contributed by atoms with van der Waals surface area (Å²) in [4.78, 5) is 12.1. The average Bonchev–Trinajstić information content (AvgIpc) is 3.35. The molecule has 4 nitrogen and oxygen atoms in total. The van der Waals surface area contributed by atoms with Crippen LogP contribution in [-0.4, -0.2) is 10.5 Å². The molecule has 0 spiro atoms. The summed E-state index contributed by atoms with van der Waals surface area (Å²) in [5, 5.41) is 4.06. The van der Waals surface area contributed by atoms with Gasteiger partial charge in [-0.05, 0) is 54.3 Å². The lowest BCUT2D eigenvalue weighted by atomic mass is 10.1. The summed E-state index contributed by atoms with van der Waals surface area (Å²) in [6.07, 6.45) is 5.75. The van der Waals surface area contributed by atoms with E-state index in [9.17, 15) is 9.18 Å². The molecule has 148 valence electrons. The zero-order valence-corrected chi connectivity index (χ0v) is 16.1. The molecule has 5 heteroatoms. The Bertz CT molecular complexity index is 1100. The van der Waals surface area contributed by atoms with Gasteiger partial charge in [-0.2, -0.15) is 0 Å². The van der Waals surface area contributed by atoms with Crippen molar-refractivity contribution in [2.24, 2.45) is 0 Å². The van der Waals surface area contributed by atoms with Gasteiger partial charge >= 0.3 is 0 Å². The van der Waals surface area contributed by atoms with Crippen molar-refractivity contribution in [2.75, 3.05) is 0 Å². The summed E-state index contributed by atoms with van der Waals surface area (Å²) in [6.45, 7) is 1.03. The Morgan fingerprint density at radius 3 is 2.79 bits per heavy atom. The first kappa shape index (κ1) is 19.0. The Morgan fingerprint density at radius 1 is 1.07 bits per heavy atom. The van der Waals surface area contributed by atoms with Crippen molar-refractivity contribution in [2.45, 2.75) is 32.4 Å². The lowest BCUT2D eigenvalue weighted by Gasteiger charge is -2.05. The highest BCUT2D eigenvalue weighted by atomic mass is 19.1. The minimum Gasteiger partial charge on any atom is -0.467 e. The number of fused-ring (bicyclic) bond motifs is 1. The average molecular weight is 390 g/mol. The maximum Gasteiger partial charge on any atom is 0.220 e. The van der Waals surface area contributed by atoms with Crippen molar-refractivity contribution in [3.05, 3.63) is 95.8 Å². The van der Waals surface area contributed by atoms with Crippen LogP contribution >= 0.6 is 0 Å². The summed E-state index contributed by atoms with van der Waals surface area (Å²) >= 11 is 0. The van der Waals surface area contributed by atoms with Crippen LogP contribution in [0.1, 0.15) is 29.7 Å². The SMILES string of the molecule is O=C(CCCc1cn(Cc2cccc(F)c2)c2ccccc12)NCc1ccco1. The second kappa shape index (κ2) is 8.78. The van der Waals surface area contributed by atoms with Gasteiger partial charge in [-0.15, -0.1) is 0 Å². The molecule has 0 saturated carbocycles. The number of carbonyl (C=O) groups excluding carboxylic acids is 1. The second-order valence-electron chi connectivity index (χ2n) is 7.14. The largest absolute Gasteiger partial charge is 0.467 e. The van der Waals surface area contributed by atoms with Crippen LogP contribution in [0.15, 0.2) is 77.5 Å². The molecule has 0 unspecified atom stereocenters. The molecule has 0 bridgehead atoms. The van der Waals surface area contributed by atoms with Crippen LogP contribution in [0.3, 0.4) is 0 Å². The highest BCUT2D eigenvalue weighted by Gasteiger charge is 2.10. The molecule has 0 aliphatic rings. The lowest BCUT2D eigenvalue weighted by molar-refractivity contribution is -0.121. The molecule has 0 saturated heterocycles. The number of furan rings is 1. The summed E-state index contributed by atoms with van der Waals surface area (Å²) < 4.78 is 20.9. The van der Waals surface area contributed by atoms with E-state index < -0.39 is 0 Å². The Balaban J connectivity index is 1.40. The lowest BCUT2D eigenvalue weighted by Crippen LogP contribution is -2.22. The molecule has 1 N–H and O–H groups in total. The van der Waals surface area contributed by atoms with Crippen LogP contribution in [0.4, 0.5) is 4.39 Å². The third-order valence-corrected chi connectivity index (χ3v) is 5.00. The number of aryl methyl sites for hydroxylation is 1. The summed E-state index contributed by atoms with van der Waals surface area (Å²) in [5.41, 5.74) is 3.25. The summed E-state index contributed by atoms with van der Waals surface area (Å²) in [6, 6.07) is 18.5. The van der Waals surface area contributed by atoms with E-state index in [1.165, 1.54) is 17.0 Å². The standard InChI is InChI=1S/C24H23FN2O2/c25-20-8-3-6-18(14-20)16-27-17-19(22-10-1-2-11-23(22)27)7-4-12-24(28)26-15-21-9-5-13-29-21/h1-3,5-6,8-11,13-14,17H,4,7,12,15-16H2,(H,26,28). The van der Waals surface area contributed by atoms with Crippen LogP contribution in [-0.2, 0) is 24.3 Å². The smallest absolute Gasteiger partial charge is 0.220 e. The fraction of sp³-hybridized carbons (Fsp3) is 0.208. The zero-order valence-electron chi connectivity index (χ0n) is 16.1. The van der Waals surface area contributed by atoms with Crippen LogP contribution < -0.4 is 5.32 Å². The number of carbonyl (C=O) groups is 1. The van der Waals surface area contributed by atoms with E-state index in [1.54, 1.807) is 24.5 Å². The molecule has 4 aromatic rings. The minimum atomic E-state index is -0.222. The summed E-state index contributed by atoms with van der Waals surface area (Å²) in [7, 11) is 0. The van der Waals surface area contributed by atoms with Gasteiger partial charge < -0.3 is 14.3 Å². The number of nitrogens with zero attached hydrogens (tertiary/aromatic N) is 1. The van der Waals surface area contributed by atoms with Crippen LogP contribution in [0.25, 0.3) is 10.9 Å². The molecule has 2 aromatic carbocycles. The van der Waals surface area contributed by atoms with Gasteiger partial charge in [0.05, 0.1) is 12.8 Å². The molecule has 0 atom stereocenters.